The topological polar surface area (TPSA) is 39.7 Å². The van der Waals surface area contributed by atoms with Crippen molar-refractivity contribution < 1.29 is 18.6 Å². The Labute approximate surface area is 137 Å². The summed E-state index contributed by atoms with van der Waals surface area (Å²) in [5, 5.41) is 3.24. The third-order valence-electron chi connectivity index (χ3n) is 3.47. The molecule has 0 amide bonds. The van der Waals surface area contributed by atoms with Crippen LogP contribution in [-0.2, 0) is 9.47 Å². The second-order valence-electron chi connectivity index (χ2n) is 4.81. The number of hydrogen-bond acceptors (Lipinski definition) is 4. The SMILES string of the molecule is CNC1CC(Oc2cc(F)c(Cl)cc2Br)C1OCCOC. The Balaban J connectivity index is 2.00. The summed E-state index contributed by atoms with van der Waals surface area (Å²) in [5.41, 5.74) is 0. The molecule has 3 unspecified atom stereocenters. The summed E-state index contributed by atoms with van der Waals surface area (Å²) >= 11 is 9.05. The fraction of sp³-hybridized carbons (Fsp3) is 0.571. The van der Waals surface area contributed by atoms with E-state index < -0.39 is 5.82 Å². The minimum absolute atomic E-state index is 0.0591. The number of halogens is 3. The van der Waals surface area contributed by atoms with Crippen LogP contribution in [0.3, 0.4) is 0 Å². The summed E-state index contributed by atoms with van der Waals surface area (Å²) in [5.74, 6) is -0.0759. The van der Waals surface area contributed by atoms with Gasteiger partial charge in [-0.15, -0.1) is 0 Å². The van der Waals surface area contributed by atoms with E-state index in [1.807, 2.05) is 7.05 Å². The van der Waals surface area contributed by atoms with Gasteiger partial charge in [-0.25, -0.2) is 4.39 Å². The Morgan fingerprint density at radius 2 is 2.19 bits per heavy atom. The molecule has 0 saturated heterocycles. The molecule has 118 valence electrons. The number of likely N-dealkylation sites (N-methyl/N-ethyl adjacent to an activating group) is 1. The van der Waals surface area contributed by atoms with E-state index in [0.717, 1.165) is 6.42 Å². The Morgan fingerprint density at radius 3 is 2.86 bits per heavy atom. The predicted octanol–water partition coefficient (Wildman–Crippen LogP) is 3.01. The average Bonchev–Trinajstić information content (AvgIpc) is 2.44. The molecule has 1 aliphatic carbocycles. The van der Waals surface area contributed by atoms with Crippen LogP contribution < -0.4 is 10.1 Å². The summed E-state index contributed by atoms with van der Waals surface area (Å²) < 4.78 is 30.7. The van der Waals surface area contributed by atoms with E-state index in [4.69, 9.17) is 25.8 Å². The van der Waals surface area contributed by atoms with Crippen LogP contribution in [0.25, 0.3) is 0 Å². The van der Waals surface area contributed by atoms with Gasteiger partial charge in [0.1, 0.15) is 23.8 Å². The zero-order valence-electron chi connectivity index (χ0n) is 11.9. The molecule has 0 radical (unpaired) electrons. The van der Waals surface area contributed by atoms with Crippen molar-refractivity contribution in [2.45, 2.75) is 24.7 Å². The lowest BCUT2D eigenvalue weighted by Gasteiger charge is -2.43. The molecule has 0 spiro atoms. The molecule has 2 rings (SSSR count). The molecule has 1 aromatic carbocycles. The number of rotatable bonds is 7. The second kappa shape index (κ2) is 7.74. The van der Waals surface area contributed by atoms with Crippen LogP contribution in [0.1, 0.15) is 6.42 Å². The first-order valence-corrected chi connectivity index (χ1v) is 7.83. The molecule has 21 heavy (non-hydrogen) atoms. The number of methoxy groups -OCH3 is 1. The summed E-state index contributed by atoms with van der Waals surface area (Å²) in [4.78, 5) is 0. The maximum Gasteiger partial charge on any atom is 0.145 e. The predicted molar refractivity (Wildman–Crippen MR) is 82.6 cm³/mol. The van der Waals surface area contributed by atoms with Crippen molar-refractivity contribution in [1.82, 2.24) is 5.32 Å². The van der Waals surface area contributed by atoms with Gasteiger partial charge in [-0.1, -0.05) is 11.6 Å². The van der Waals surface area contributed by atoms with Gasteiger partial charge in [0.05, 0.1) is 22.7 Å². The van der Waals surface area contributed by atoms with E-state index in [1.54, 1.807) is 7.11 Å². The third-order valence-corrected chi connectivity index (χ3v) is 4.38. The lowest BCUT2D eigenvalue weighted by Crippen LogP contribution is -2.60. The van der Waals surface area contributed by atoms with Gasteiger partial charge in [-0.05, 0) is 29.0 Å². The molecule has 0 bridgehead atoms. The minimum atomic E-state index is -0.504. The van der Waals surface area contributed by atoms with Crippen LogP contribution >= 0.6 is 27.5 Å². The molecule has 1 saturated carbocycles. The fourth-order valence-corrected chi connectivity index (χ4v) is 2.96. The number of hydrogen-bond donors (Lipinski definition) is 1. The van der Waals surface area contributed by atoms with Crippen LogP contribution in [-0.4, -0.2) is 45.6 Å². The van der Waals surface area contributed by atoms with Crippen LogP contribution in [0.2, 0.25) is 5.02 Å². The molecule has 4 nitrogen and oxygen atoms in total. The van der Waals surface area contributed by atoms with E-state index in [9.17, 15) is 4.39 Å². The summed E-state index contributed by atoms with van der Waals surface area (Å²) in [7, 11) is 3.51. The Morgan fingerprint density at radius 1 is 1.43 bits per heavy atom. The normalized spacial score (nSPS) is 24.7. The smallest absolute Gasteiger partial charge is 0.145 e. The van der Waals surface area contributed by atoms with Crippen molar-refractivity contribution in [3.8, 4) is 5.75 Å². The van der Waals surface area contributed by atoms with Crippen molar-refractivity contribution >= 4 is 27.5 Å². The van der Waals surface area contributed by atoms with Crippen LogP contribution in [0.4, 0.5) is 4.39 Å². The molecule has 1 aliphatic rings. The minimum Gasteiger partial charge on any atom is -0.486 e. The second-order valence-corrected chi connectivity index (χ2v) is 6.07. The van der Waals surface area contributed by atoms with E-state index in [-0.39, 0.29) is 23.3 Å². The summed E-state index contributed by atoms with van der Waals surface area (Å²) in [6.45, 7) is 1.02. The molecule has 1 fully saturated rings. The standard InChI is InChI=1S/C14H18BrClFNO3/c1-18-11-7-13(14(11)20-4-3-19-2)21-12-6-10(17)9(16)5-8(12)15/h5-6,11,13-14,18H,3-4,7H2,1-2H3. The Kier molecular flexibility index (Phi) is 6.25. The van der Waals surface area contributed by atoms with Crippen molar-refractivity contribution in [3.05, 3.63) is 27.4 Å². The molecule has 0 aromatic heterocycles. The first-order chi connectivity index (χ1) is 10.1. The highest BCUT2D eigenvalue weighted by atomic mass is 79.9. The lowest BCUT2D eigenvalue weighted by atomic mass is 9.85. The molecule has 7 heteroatoms. The molecular weight excluding hydrogens is 365 g/mol. The van der Waals surface area contributed by atoms with E-state index in [1.165, 1.54) is 12.1 Å². The highest BCUT2D eigenvalue weighted by Gasteiger charge is 2.43. The molecular formula is C14H18BrClFNO3. The Bertz CT molecular complexity index is 492. The van der Waals surface area contributed by atoms with Crippen LogP contribution in [0, 0.1) is 5.82 Å². The first kappa shape index (κ1) is 17.0. The molecule has 0 heterocycles. The molecule has 1 N–H and O–H groups in total. The number of ether oxygens (including phenoxy) is 3. The van der Waals surface area contributed by atoms with Gasteiger partial charge in [0.15, 0.2) is 0 Å². The number of benzene rings is 1. The van der Waals surface area contributed by atoms with Gasteiger partial charge < -0.3 is 19.5 Å². The highest BCUT2D eigenvalue weighted by molar-refractivity contribution is 9.10. The maximum atomic E-state index is 13.5. The van der Waals surface area contributed by atoms with Gasteiger partial charge >= 0.3 is 0 Å². The van der Waals surface area contributed by atoms with Gasteiger partial charge in [0.25, 0.3) is 0 Å². The zero-order valence-corrected chi connectivity index (χ0v) is 14.2. The van der Waals surface area contributed by atoms with Crippen molar-refractivity contribution in [2.24, 2.45) is 0 Å². The number of nitrogens with one attached hydrogen (secondary N) is 1. The monoisotopic (exact) mass is 381 g/mol. The van der Waals surface area contributed by atoms with Gasteiger partial charge in [-0.2, -0.15) is 0 Å². The van der Waals surface area contributed by atoms with Gasteiger partial charge in [0, 0.05) is 25.6 Å². The van der Waals surface area contributed by atoms with Crippen molar-refractivity contribution in [1.29, 1.82) is 0 Å². The Hall–Kier alpha value is -0.400. The maximum absolute atomic E-state index is 13.5. The van der Waals surface area contributed by atoms with Crippen molar-refractivity contribution in [2.75, 3.05) is 27.4 Å². The van der Waals surface area contributed by atoms with Gasteiger partial charge in [0.2, 0.25) is 0 Å². The lowest BCUT2D eigenvalue weighted by molar-refractivity contribution is -0.114. The molecule has 0 aliphatic heterocycles. The largest absolute Gasteiger partial charge is 0.486 e. The van der Waals surface area contributed by atoms with Crippen LogP contribution in [0.5, 0.6) is 5.75 Å². The zero-order chi connectivity index (χ0) is 15.4. The first-order valence-electron chi connectivity index (χ1n) is 6.65. The van der Waals surface area contributed by atoms with Gasteiger partial charge in [-0.3, -0.25) is 0 Å². The molecule has 3 atom stereocenters. The molecule has 1 aromatic rings. The summed E-state index contributed by atoms with van der Waals surface area (Å²) in [6, 6.07) is 3.00. The van der Waals surface area contributed by atoms with E-state index >= 15 is 0 Å². The highest BCUT2D eigenvalue weighted by Crippen LogP contribution is 2.35. The third kappa shape index (κ3) is 4.07. The van der Waals surface area contributed by atoms with Crippen molar-refractivity contribution in [3.63, 3.8) is 0 Å². The average molecular weight is 383 g/mol. The quantitative estimate of drug-likeness (QED) is 0.581. The fourth-order valence-electron chi connectivity index (χ4n) is 2.23. The van der Waals surface area contributed by atoms with E-state index in [2.05, 4.69) is 21.2 Å². The van der Waals surface area contributed by atoms with E-state index in [0.29, 0.717) is 23.4 Å². The summed E-state index contributed by atoms with van der Waals surface area (Å²) in [6.07, 6.45) is 0.581. The van der Waals surface area contributed by atoms with Crippen LogP contribution in [0.15, 0.2) is 16.6 Å².